The van der Waals surface area contributed by atoms with E-state index in [9.17, 15) is 0 Å². The molecule has 0 amide bonds. The minimum Gasteiger partial charge on any atom is -0.453 e. The predicted octanol–water partition coefficient (Wildman–Crippen LogP) is 3.07. The molecule has 7 heteroatoms. The number of imidazole rings is 1. The number of H-pyrrole nitrogens is 1. The largest absolute Gasteiger partial charge is 0.453 e. The van der Waals surface area contributed by atoms with Gasteiger partial charge in [-0.1, -0.05) is 24.3 Å². The van der Waals surface area contributed by atoms with Gasteiger partial charge in [-0.05, 0) is 35.9 Å². The van der Waals surface area contributed by atoms with Crippen LogP contribution in [0.1, 0.15) is 11.1 Å². The van der Waals surface area contributed by atoms with E-state index in [1.54, 1.807) is 18.3 Å². The fourth-order valence-electron chi connectivity index (χ4n) is 2.73. The number of nitrogens with two attached hydrogens (primary N) is 2. The molecule has 2 heterocycles. The van der Waals surface area contributed by atoms with Gasteiger partial charge in [0.15, 0.2) is 11.6 Å². The highest BCUT2D eigenvalue weighted by atomic mass is 16.3. The lowest BCUT2D eigenvalue weighted by molar-refractivity contribution is 0.593. The van der Waals surface area contributed by atoms with Crippen molar-refractivity contribution >= 4 is 23.1 Å². The fourth-order valence-corrected chi connectivity index (χ4v) is 2.73. The van der Waals surface area contributed by atoms with Crippen molar-refractivity contribution in [2.24, 2.45) is 16.7 Å². The molecule has 0 aliphatic heterocycles. The second-order valence-corrected chi connectivity index (χ2v) is 5.80. The standard InChI is InChI=1S/C19H16N6O/c20-18(21)13-5-6-14-15(9-13)25-19(24-14)17-8-7-16(26-17)12-3-1-11(2-4-12)10-23-22/h1-10H,22H2,(H3,20,21)(H,24,25). The molecular formula is C19H16N6O. The molecular weight excluding hydrogens is 328 g/mol. The third-order valence-corrected chi connectivity index (χ3v) is 4.05. The lowest BCUT2D eigenvalue weighted by atomic mass is 10.1. The van der Waals surface area contributed by atoms with E-state index < -0.39 is 0 Å². The molecule has 26 heavy (non-hydrogen) atoms. The third kappa shape index (κ3) is 2.82. The van der Waals surface area contributed by atoms with E-state index in [0.717, 1.165) is 27.9 Å². The molecule has 4 rings (SSSR count). The molecule has 6 N–H and O–H groups in total. The molecule has 7 nitrogen and oxygen atoms in total. The summed E-state index contributed by atoms with van der Waals surface area (Å²) in [6.07, 6.45) is 1.58. The van der Waals surface area contributed by atoms with E-state index in [-0.39, 0.29) is 5.84 Å². The zero-order valence-electron chi connectivity index (χ0n) is 13.7. The van der Waals surface area contributed by atoms with Crippen LogP contribution in [0.5, 0.6) is 0 Å². The highest BCUT2D eigenvalue weighted by Crippen LogP contribution is 2.28. The van der Waals surface area contributed by atoms with E-state index in [0.29, 0.717) is 17.1 Å². The maximum atomic E-state index is 7.53. The van der Waals surface area contributed by atoms with Gasteiger partial charge in [0.05, 0.1) is 17.2 Å². The third-order valence-electron chi connectivity index (χ3n) is 4.05. The summed E-state index contributed by atoms with van der Waals surface area (Å²) in [7, 11) is 0. The van der Waals surface area contributed by atoms with Crippen molar-refractivity contribution in [2.45, 2.75) is 0 Å². The van der Waals surface area contributed by atoms with Crippen molar-refractivity contribution in [1.82, 2.24) is 9.97 Å². The first-order chi connectivity index (χ1) is 12.6. The average Bonchev–Trinajstić information content (AvgIpc) is 3.29. The van der Waals surface area contributed by atoms with Crippen LogP contribution in [-0.2, 0) is 0 Å². The second kappa shape index (κ2) is 6.21. The highest BCUT2D eigenvalue weighted by Gasteiger charge is 2.12. The zero-order chi connectivity index (χ0) is 18.1. The molecule has 2 aromatic carbocycles. The number of nitrogens with one attached hydrogen (secondary N) is 2. The van der Waals surface area contributed by atoms with Crippen LogP contribution in [0.3, 0.4) is 0 Å². The lowest BCUT2D eigenvalue weighted by Gasteiger charge is -1.98. The fraction of sp³-hybridized carbons (Fsp3) is 0. The summed E-state index contributed by atoms with van der Waals surface area (Å²) >= 11 is 0. The minimum atomic E-state index is 0.0199. The van der Waals surface area contributed by atoms with E-state index in [1.807, 2.05) is 42.5 Å². The first kappa shape index (κ1) is 15.6. The van der Waals surface area contributed by atoms with Crippen LogP contribution >= 0.6 is 0 Å². The molecule has 0 unspecified atom stereocenters. The Morgan fingerprint density at radius 1 is 1.08 bits per heavy atom. The minimum absolute atomic E-state index is 0.0199. The number of benzene rings is 2. The van der Waals surface area contributed by atoms with Crippen LogP contribution in [0.4, 0.5) is 0 Å². The van der Waals surface area contributed by atoms with Gasteiger partial charge in [0.25, 0.3) is 0 Å². The molecule has 0 aliphatic rings. The van der Waals surface area contributed by atoms with Gasteiger partial charge in [-0.3, -0.25) is 5.41 Å². The summed E-state index contributed by atoms with van der Waals surface area (Å²) < 4.78 is 5.94. The van der Waals surface area contributed by atoms with Crippen molar-refractivity contribution in [2.75, 3.05) is 0 Å². The molecule has 0 atom stereocenters. The molecule has 2 aromatic heterocycles. The number of hydrogen-bond donors (Lipinski definition) is 4. The number of aromatic amines is 1. The van der Waals surface area contributed by atoms with Crippen molar-refractivity contribution in [3.05, 3.63) is 65.7 Å². The Labute approximate surface area is 148 Å². The predicted molar refractivity (Wildman–Crippen MR) is 102 cm³/mol. The highest BCUT2D eigenvalue weighted by molar-refractivity contribution is 5.98. The molecule has 0 saturated heterocycles. The summed E-state index contributed by atoms with van der Waals surface area (Å²) in [6, 6.07) is 16.9. The summed E-state index contributed by atoms with van der Waals surface area (Å²) in [5.41, 5.74) is 9.63. The Balaban J connectivity index is 1.67. The number of fused-ring (bicyclic) bond motifs is 1. The molecule has 0 spiro atoms. The Morgan fingerprint density at radius 3 is 2.58 bits per heavy atom. The van der Waals surface area contributed by atoms with Gasteiger partial charge in [0.2, 0.25) is 0 Å². The maximum absolute atomic E-state index is 7.53. The molecule has 0 fully saturated rings. The van der Waals surface area contributed by atoms with Crippen LogP contribution < -0.4 is 11.6 Å². The molecule has 0 saturated carbocycles. The van der Waals surface area contributed by atoms with Crippen LogP contribution in [0.2, 0.25) is 0 Å². The van der Waals surface area contributed by atoms with Crippen LogP contribution in [-0.4, -0.2) is 22.0 Å². The topological polar surface area (TPSA) is 130 Å². The summed E-state index contributed by atoms with van der Waals surface area (Å²) in [5, 5.41) is 11.0. The van der Waals surface area contributed by atoms with E-state index >= 15 is 0 Å². The number of hydrogen-bond acceptors (Lipinski definition) is 5. The summed E-state index contributed by atoms with van der Waals surface area (Å²) in [5.74, 6) is 7.17. The SMILES string of the molecule is N=C(N)c1ccc2nc(-c3ccc(-c4ccc(C=NN)cc4)o3)[nH]c2c1. The Morgan fingerprint density at radius 2 is 1.85 bits per heavy atom. The van der Waals surface area contributed by atoms with E-state index in [4.69, 9.17) is 21.4 Å². The van der Waals surface area contributed by atoms with Crippen molar-refractivity contribution in [1.29, 1.82) is 5.41 Å². The summed E-state index contributed by atoms with van der Waals surface area (Å²) in [6.45, 7) is 0. The normalized spacial score (nSPS) is 11.4. The molecule has 4 aromatic rings. The zero-order valence-corrected chi connectivity index (χ0v) is 13.7. The first-order valence-corrected chi connectivity index (χ1v) is 7.92. The quantitative estimate of drug-likeness (QED) is 0.196. The molecule has 128 valence electrons. The van der Waals surface area contributed by atoms with Crippen molar-refractivity contribution in [3.63, 3.8) is 0 Å². The molecule has 0 bridgehead atoms. The number of rotatable bonds is 4. The number of aromatic nitrogens is 2. The first-order valence-electron chi connectivity index (χ1n) is 7.92. The van der Waals surface area contributed by atoms with Crippen molar-refractivity contribution < 1.29 is 4.42 Å². The van der Waals surface area contributed by atoms with Crippen LogP contribution in [0.15, 0.2) is 64.1 Å². The average molecular weight is 344 g/mol. The van der Waals surface area contributed by atoms with Crippen LogP contribution in [0.25, 0.3) is 33.9 Å². The van der Waals surface area contributed by atoms with Gasteiger partial charge in [-0.25, -0.2) is 4.98 Å². The smallest absolute Gasteiger partial charge is 0.174 e. The number of hydrazone groups is 1. The van der Waals surface area contributed by atoms with Crippen molar-refractivity contribution in [3.8, 4) is 22.9 Å². The lowest BCUT2D eigenvalue weighted by Crippen LogP contribution is -2.10. The van der Waals surface area contributed by atoms with E-state index in [2.05, 4.69) is 15.1 Å². The van der Waals surface area contributed by atoms with Gasteiger partial charge < -0.3 is 21.0 Å². The number of nitrogen functional groups attached to an aromatic ring is 1. The van der Waals surface area contributed by atoms with Gasteiger partial charge in [-0.15, -0.1) is 0 Å². The van der Waals surface area contributed by atoms with E-state index in [1.165, 1.54) is 0 Å². The van der Waals surface area contributed by atoms with Gasteiger partial charge in [0, 0.05) is 11.1 Å². The Hall–Kier alpha value is -3.87. The molecule has 0 aliphatic carbocycles. The van der Waals surface area contributed by atoms with Gasteiger partial charge in [0.1, 0.15) is 11.6 Å². The van der Waals surface area contributed by atoms with Gasteiger partial charge >= 0.3 is 0 Å². The molecule has 0 radical (unpaired) electrons. The maximum Gasteiger partial charge on any atom is 0.174 e. The van der Waals surface area contributed by atoms with Gasteiger partial charge in [-0.2, -0.15) is 5.10 Å². The number of nitrogens with zero attached hydrogens (tertiary/aromatic N) is 2. The second-order valence-electron chi connectivity index (χ2n) is 5.80. The monoisotopic (exact) mass is 344 g/mol. The Kier molecular flexibility index (Phi) is 3.74. The van der Waals surface area contributed by atoms with Crippen LogP contribution in [0, 0.1) is 5.41 Å². The number of amidine groups is 1. The number of furan rings is 1. The summed E-state index contributed by atoms with van der Waals surface area (Å²) in [4.78, 5) is 7.75. The Bertz CT molecular complexity index is 1120.